The van der Waals surface area contributed by atoms with E-state index in [4.69, 9.17) is 18.0 Å². The summed E-state index contributed by atoms with van der Waals surface area (Å²) in [5.74, 6) is 2.20. The van der Waals surface area contributed by atoms with Crippen molar-refractivity contribution in [1.82, 2.24) is 4.90 Å². The molecule has 4 atom stereocenters. The fourth-order valence-electron chi connectivity index (χ4n) is 3.58. The quantitative estimate of drug-likeness (QED) is 0.778. The molecule has 2 rings (SSSR count). The van der Waals surface area contributed by atoms with Gasteiger partial charge in [0.1, 0.15) is 0 Å². The lowest BCUT2D eigenvalue weighted by Gasteiger charge is -2.30. The number of nitrogens with zero attached hydrogens (tertiary/aromatic N) is 1. The largest absolute Gasteiger partial charge is 0.393 e. The molecule has 1 amide bonds. The van der Waals surface area contributed by atoms with Crippen LogP contribution in [0.4, 0.5) is 0 Å². The Bertz CT molecular complexity index is 345. The molecular weight excluding hydrogens is 244 g/mol. The highest BCUT2D eigenvalue weighted by Gasteiger charge is 2.44. The minimum Gasteiger partial charge on any atom is -0.393 e. The van der Waals surface area contributed by atoms with Gasteiger partial charge in [-0.3, -0.25) is 4.79 Å². The van der Waals surface area contributed by atoms with E-state index in [-0.39, 0.29) is 11.8 Å². The molecule has 4 unspecified atom stereocenters. The molecule has 2 aliphatic carbocycles. The Labute approximate surface area is 115 Å². The Morgan fingerprint density at radius 3 is 2.61 bits per heavy atom. The van der Waals surface area contributed by atoms with Gasteiger partial charge < -0.3 is 10.6 Å². The van der Waals surface area contributed by atoms with Crippen LogP contribution in [0.5, 0.6) is 0 Å². The number of carbonyl (C=O) groups excluding carboxylic acids is 1. The number of hydrogen-bond donors (Lipinski definition) is 1. The smallest absolute Gasteiger partial charge is 0.225 e. The summed E-state index contributed by atoms with van der Waals surface area (Å²) in [7, 11) is 0. The molecule has 18 heavy (non-hydrogen) atoms. The molecule has 2 bridgehead atoms. The van der Waals surface area contributed by atoms with Crippen LogP contribution in [0, 0.1) is 23.7 Å². The van der Waals surface area contributed by atoms with Crippen molar-refractivity contribution in [3.8, 4) is 0 Å². The van der Waals surface area contributed by atoms with E-state index in [2.05, 4.69) is 0 Å². The van der Waals surface area contributed by atoms with Gasteiger partial charge in [0.15, 0.2) is 0 Å². The normalized spacial score (nSPS) is 31.3. The number of carbonyl (C=O) groups is 1. The SMILES string of the molecule is CCN(CC(C)C(N)=S)C(=O)C1CC2CCC1C2. The molecule has 0 aliphatic heterocycles. The van der Waals surface area contributed by atoms with Crippen LogP contribution < -0.4 is 5.73 Å². The van der Waals surface area contributed by atoms with E-state index in [1.807, 2.05) is 18.7 Å². The zero-order valence-corrected chi connectivity index (χ0v) is 12.2. The molecule has 102 valence electrons. The zero-order valence-electron chi connectivity index (χ0n) is 11.4. The lowest BCUT2D eigenvalue weighted by Crippen LogP contribution is -2.42. The van der Waals surface area contributed by atoms with Crippen LogP contribution in [0.2, 0.25) is 0 Å². The van der Waals surface area contributed by atoms with Crippen LogP contribution >= 0.6 is 12.2 Å². The van der Waals surface area contributed by atoms with Crippen LogP contribution in [-0.4, -0.2) is 28.9 Å². The molecule has 0 radical (unpaired) electrons. The van der Waals surface area contributed by atoms with E-state index in [0.29, 0.717) is 23.4 Å². The molecule has 0 saturated heterocycles. The lowest BCUT2D eigenvalue weighted by atomic mass is 9.87. The second-order valence-electron chi connectivity index (χ2n) is 5.96. The molecule has 3 nitrogen and oxygen atoms in total. The maximum atomic E-state index is 12.6. The average molecular weight is 268 g/mol. The second-order valence-corrected chi connectivity index (χ2v) is 6.43. The minimum atomic E-state index is 0.113. The molecule has 4 heteroatoms. The molecule has 2 fully saturated rings. The van der Waals surface area contributed by atoms with Gasteiger partial charge in [0, 0.05) is 24.9 Å². The molecule has 2 saturated carbocycles. The van der Waals surface area contributed by atoms with Gasteiger partial charge in [0.05, 0.1) is 4.99 Å². The van der Waals surface area contributed by atoms with Crippen molar-refractivity contribution in [3.63, 3.8) is 0 Å². The number of amides is 1. The first-order chi connectivity index (χ1) is 8.52. The molecule has 0 heterocycles. The van der Waals surface area contributed by atoms with Crippen molar-refractivity contribution < 1.29 is 4.79 Å². The van der Waals surface area contributed by atoms with Gasteiger partial charge in [0.2, 0.25) is 5.91 Å². The Hall–Kier alpha value is -0.640. The average Bonchev–Trinajstić information content (AvgIpc) is 2.96. The maximum Gasteiger partial charge on any atom is 0.225 e. The van der Waals surface area contributed by atoms with Crippen LogP contribution in [0.1, 0.15) is 39.5 Å². The monoisotopic (exact) mass is 268 g/mol. The summed E-state index contributed by atoms with van der Waals surface area (Å²) in [5, 5.41) is 0. The summed E-state index contributed by atoms with van der Waals surface area (Å²) in [5.41, 5.74) is 5.65. The summed E-state index contributed by atoms with van der Waals surface area (Å²) in [6.07, 6.45) is 4.98. The van der Waals surface area contributed by atoms with Gasteiger partial charge in [0.25, 0.3) is 0 Å². The molecule has 0 spiro atoms. The van der Waals surface area contributed by atoms with Gasteiger partial charge in [-0.1, -0.05) is 25.6 Å². The number of nitrogens with two attached hydrogens (primary N) is 1. The van der Waals surface area contributed by atoms with Crippen LogP contribution in [0.3, 0.4) is 0 Å². The predicted octanol–water partition coefficient (Wildman–Crippen LogP) is 2.19. The van der Waals surface area contributed by atoms with Gasteiger partial charge in [-0.25, -0.2) is 0 Å². The Morgan fingerprint density at radius 2 is 2.17 bits per heavy atom. The van der Waals surface area contributed by atoms with Crippen LogP contribution in [0.15, 0.2) is 0 Å². The van der Waals surface area contributed by atoms with E-state index in [9.17, 15) is 4.79 Å². The van der Waals surface area contributed by atoms with Crippen LogP contribution in [-0.2, 0) is 4.79 Å². The highest BCUT2D eigenvalue weighted by Crippen LogP contribution is 2.48. The molecule has 0 aromatic rings. The van der Waals surface area contributed by atoms with Crippen molar-refractivity contribution in [2.45, 2.75) is 39.5 Å². The Morgan fingerprint density at radius 1 is 1.44 bits per heavy atom. The summed E-state index contributed by atoms with van der Waals surface area (Å²) < 4.78 is 0. The van der Waals surface area contributed by atoms with E-state index in [0.717, 1.165) is 18.9 Å². The zero-order chi connectivity index (χ0) is 13.3. The minimum absolute atomic E-state index is 0.113. The number of thiocarbonyl (C=S) groups is 1. The first kappa shape index (κ1) is 13.8. The fraction of sp³-hybridized carbons (Fsp3) is 0.857. The maximum absolute atomic E-state index is 12.6. The van der Waals surface area contributed by atoms with Crippen molar-refractivity contribution in [2.75, 3.05) is 13.1 Å². The molecule has 0 aromatic heterocycles. The van der Waals surface area contributed by atoms with Crippen molar-refractivity contribution in [2.24, 2.45) is 29.4 Å². The van der Waals surface area contributed by atoms with E-state index in [1.165, 1.54) is 19.3 Å². The van der Waals surface area contributed by atoms with Gasteiger partial charge in [-0.15, -0.1) is 0 Å². The van der Waals surface area contributed by atoms with E-state index >= 15 is 0 Å². The molecule has 0 aromatic carbocycles. The van der Waals surface area contributed by atoms with E-state index < -0.39 is 0 Å². The van der Waals surface area contributed by atoms with Crippen molar-refractivity contribution >= 4 is 23.1 Å². The standard InChI is InChI=1S/C14H24N2OS/c1-3-16(8-9(2)13(15)18)14(17)12-7-10-4-5-11(12)6-10/h9-12H,3-8H2,1-2H3,(H2,15,18). The molecule has 2 N–H and O–H groups in total. The third kappa shape index (κ3) is 2.68. The molecular formula is C14H24N2OS. The van der Waals surface area contributed by atoms with Gasteiger partial charge >= 0.3 is 0 Å². The topological polar surface area (TPSA) is 46.3 Å². The predicted molar refractivity (Wildman–Crippen MR) is 77.1 cm³/mol. The van der Waals surface area contributed by atoms with Gasteiger partial charge in [-0.05, 0) is 38.0 Å². The fourth-order valence-corrected chi connectivity index (χ4v) is 3.65. The van der Waals surface area contributed by atoms with Crippen LogP contribution in [0.25, 0.3) is 0 Å². The lowest BCUT2D eigenvalue weighted by molar-refractivity contribution is -0.137. The molecule has 2 aliphatic rings. The summed E-state index contributed by atoms with van der Waals surface area (Å²) in [6.45, 7) is 5.48. The Kier molecular flexibility index (Phi) is 4.25. The summed E-state index contributed by atoms with van der Waals surface area (Å²) in [4.78, 5) is 15.0. The third-order valence-electron chi connectivity index (χ3n) is 4.73. The van der Waals surface area contributed by atoms with Crippen molar-refractivity contribution in [3.05, 3.63) is 0 Å². The third-order valence-corrected chi connectivity index (χ3v) is 5.13. The number of hydrogen-bond acceptors (Lipinski definition) is 2. The van der Waals surface area contributed by atoms with E-state index in [1.54, 1.807) is 0 Å². The highest BCUT2D eigenvalue weighted by molar-refractivity contribution is 7.80. The number of fused-ring (bicyclic) bond motifs is 2. The summed E-state index contributed by atoms with van der Waals surface area (Å²) >= 11 is 5.00. The second kappa shape index (κ2) is 5.55. The first-order valence-electron chi connectivity index (χ1n) is 7.11. The van der Waals surface area contributed by atoms with Gasteiger partial charge in [-0.2, -0.15) is 0 Å². The Balaban J connectivity index is 1.95. The summed E-state index contributed by atoms with van der Waals surface area (Å²) in [6, 6.07) is 0. The first-order valence-corrected chi connectivity index (χ1v) is 7.51. The number of rotatable bonds is 5. The highest BCUT2D eigenvalue weighted by atomic mass is 32.1. The van der Waals surface area contributed by atoms with Crippen molar-refractivity contribution in [1.29, 1.82) is 0 Å².